The van der Waals surface area contributed by atoms with Gasteiger partial charge in [-0.05, 0) is 19.5 Å². The van der Waals surface area contributed by atoms with Crippen molar-refractivity contribution in [3.8, 4) is 0 Å². The molecule has 0 aromatic heterocycles. The molecule has 2 atom stereocenters. The quantitative estimate of drug-likeness (QED) is 0.832. The van der Waals surface area contributed by atoms with Crippen molar-refractivity contribution >= 4 is 0 Å². The van der Waals surface area contributed by atoms with E-state index in [2.05, 4.69) is 54.1 Å². The van der Waals surface area contributed by atoms with Crippen LogP contribution in [0.15, 0.2) is 30.3 Å². The van der Waals surface area contributed by atoms with Crippen LogP contribution in [0.2, 0.25) is 0 Å². The Kier molecular flexibility index (Phi) is 4.15. The summed E-state index contributed by atoms with van der Waals surface area (Å²) in [6, 6.07) is 11.5. The van der Waals surface area contributed by atoms with Crippen molar-refractivity contribution in [1.82, 2.24) is 9.80 Å². The number of nitrogens with zero attached hydrogens (tertiary/aromatic N) is 2. The summed E-state index contributed by atoms with van der Waals surface area (Å²) in [5.74, 6) is 0. The second-order valence-corrected chi connectivity index (χ2v) is 5.23. The topological polar surface area (TPSA) is 32.5 Å². The van der Waals surface area contributed by atoms with Crippen LogP contribution in [0.3, 0.4) is 0 Å². The molecular weight excluding hydrogens is 210 g/mol. The van der Waals surface area contributed by atoms with Crippen molar-refractivity contribution in [2.75, 3.05) is 26.7 Å². The maximum absolute atomic E-state index is 6.15. The number of likely N-dealkylation sites (N-methyl/N-ethyl adjacent to an activating group) is 1. The van der Waals surface area contributed by atoms with E-state index in [0.29, 0.717) is 6.04 Å². The second kappa shape index (κ2) is 5.63. The fourth-order valence-electron chi connectivity index (χ4n) is 2.50. The first-order valence-electron chi connectivity index (χ1n) is 6.37. The van der Waals surface area contributed by atoms with Gasteiger partial charge in [0.2, 0.25) is 0 Å². The Hall–Kier alpha value is -0.900. The van der Waals surface area contributed by atoms with Gasteiger partial charge < -0.3 is 10.6 Å². The van der Waals surface area contributed by atoms with Crippen molar-refractivity contribution < 1.29 is 0 Å². The van der Waals surface area contributed by atoms with Gasteiger partial charge in [0, 0.05) is 38.3 Å². The van der Waals surface area contributed by atoms with Crippen molar-refractivity contribution in [2.24, 2.45) is 5.73 Å². The molecule has 2 N–H and O–H groups in total. The van der Waals surface area contributed by atoms with Gasteiger partial charge in [-0.2, -0.15) is 0 Å². The van der Waals surface area contributed by atoms with E-state index in [1.807, 2.05) is 0 Å². The summed E-state index contributed by atoms with van der Waals surface area (Å²) in [5, 5.41) is 0. The molecule has 0 radical (unpaired) electrons. The van der Waals surface area contributed by atoms with Gasteiger partial charge in [0.1, 0.15) is 0 Å². The highest BCUT2D eigenvalue weighted by molar-refractivity contribution is 5.14. The highest BCUT2D eigenvalue weighted by atomic mass is 15.2. The molecule has 94 valence electrons. The fraction of sp³-hybridized carbons (Fsp3) is 0.571. The van der Waals surface area contributed by atoms with Crippen molar-refractivity contribution in [1.29, 1.82) is 0 Å². The van der Waals surface area contributed by atoms with E-state index in [1.54, 1.807) is 0 Å². The molecule has 1 fully saturated rings. The minimum Gasteiger partial charge on any atom is -0.325 e. The maximum atomic E-state index is 6.15. The molecule has 1 aliphatic heterocycles. The Morgan fingerprint density at radius 1 is 1.18 bits per heavy atom. The van der Waals surface area contributed by atoms with Crippen LogP contribution in [0.1, 0.15) is 12.5 Å². The minimum absolute atomic E-state index is 0.258. The van der Waals surface area contributed by atoms with Crippen LogP contribution in [0, 0.1) is 0 Å². The predicted octanol–water partition coefficient (Wildman–Crippen LogP) is 1.15. The van der Waals surface area contributed by atoms with E-state index >= 15 is 0 Å². The third kappa shape index (κ3) is 3.53. The lowest BCUT2D eigenvalue weighted by molar-refractivity contribution is 0.215. The molecule has 1 aromatic rings. The molecule has 1 aromatic carbocycles. The molecule has 0 bridgehead atoms. The monoisotopic (exact) mass is 233 g/mol. The summed E-state index contributed by atoms with van der Waals surface area (Å²) in [5.41, 5.74) is 7.52. The Morgan fingerprint density at radius 2 is 1.88 bits per heavy atom. The zero-order chi connectivity index (χ0) is 12.3. The Bertz CT molecular complexity index is 339. The van der Waals surface area contributed by atoms with Crippen LogP contribution >= 0.6 is 0 Å². The van der Waals surface area contributed by atoms with Gasteiger partial charge in [-0.25, -0.2) is 0 Å². The average molecular weight is 233 g/mol. The first-order valence-corrected chi connectivity index (χ1v) is 6.37. The molecule has 17 heavy (non-hydrogen) atoms. The summed E-state index contributed by atoms with van der Waals surface area (Å²) in [6.07, 6.45) is 0. The number of nitrogens with two attached hydrogens (primary N) is 1. The molecule has 2 rings (SSSR count). The van der Waals surface area contributed by atoms with Gasteiger partial charge in [-0.1, -0.05) is 30.3 Å². The van der Waals surface area contributed by atoms with Crippen LogP contribution in [0.4, 0.5) is 0 Å². The van der Waals surface area contributed by atoms with E-state index in [-0.39, 0.29) is 6.04 Å². The normalized spacial score (nSPS) is 27.9. The molecule has 1 aliphatic rings. The lowest BCUT2D eigenvalue weighted by Gasteiger charge is -2.25. The SMILES string of the molecule is CC1CN(Cc2ccccc2)CC(N)CN1C. The standard InChI is InChI=1S/C14H23N3/c1-12-8-17(11-14(15)10-16(12)2)9-13-6-4-3-5-7-13/h3-7,12,14H,8-11,15H2,1-2H3. The Balaban J connectivity index is 2.00. The van der Waals surface area contributed by atoms with Gasteiger partial charge >= 0.3 is 0 Å². The largest absolute Gasteiger partial charge is 0.325 e. The average Bonchev–Trinajstić information content (AvgIpc) is 2.40. The minimum atomic E-state index is 0.258. The predicted molar refractivity (Wildman–Crippen MR) is 71.8 cm³/mol. The summed E-state index contributed by atoms with van der Waals surface area (Å²) in [4.78, 5) is 4.82. The molecule has 0 aliphatic carbocycles. The molecule has 3 heteroatoms. The van der Waals surface area contributed by atoms with Crippen LogP contribution in [-0.4, -0.2) is 48.6 Å². The summed E-state index contributed by atoms with van der Waals surface area (Å²) in [7, 11) is 2.16. The molecule has 3 nitrogen and oxygen atoms in total. The molecule has 0 saturated carbocycles. The van der Waals surface area contributed by atoms with E-state index in [0.717, 1.165) is 26.2 Å². The molecule has 2 unspecified atom stereocenters. The third-order valence-corrected chi connectivity index (χ3v) is 3.54. The van der Waals surface area contributed by atoms with Gasteiger partial charge in [0.05, 0.1) is 0 Å². The van der Waals surface area contributed by atoms with Crippen LogP contribution in [0.25, 0.3) is 0 Å². The summed E-state index contributed by atoms with van der Waals surface area (Å²) in [6.45, 7) is 6.36. The number of rotatable bonds is 2. The van der Waals surface area contributed by atoms with Crippen LogP contribution < -0.4 is 5.73 Å². The summed E-state index contributed by atoms with van der Waals surface area (Å²) < 4.78 is 0. The number of hydrogen-bond donors (Lipinski definition) is 1. The van der Waals surface area contributed by atoms with Crippen molar-refractivity contribution in [3.05, 3.63) is 35.9 Å². The van der Waals surface area contributed by atoms with E-state index < -0.39 is 0 Å². The Morgan fingerprint density at radius 3 is 2.59 bits per heavy atom. The molecule has 1 heterocycles. The van der Waals surface area contributed by atoms with E-state index in [1.165, 1.54) is 5.56 Å². The second-order valence-electron chi connectivity index (χ2n) is 5.23. The first-order chi connectivity index (χ1) is 8.15. The van der Waals surface area contributed by atoms with E-state index in [9.17, 15) is 0 Å². The lowest BCUT2D eigenvalue weighted by Crippen LogP contribution is -2.39. The maximum Gasteiger partial charge on any atom is 0.0297 e. The number of hydrogen-bond acceptors (Lipinski definition) is 3. The van der Waals surface area contributed by atoms with Gasteiger partial charge in [-0.3, -0.25) is 4.90 Å². The van der Waals surface area contributed by atoms with Gasteiger partial charge in [-0.15, -0.1) is 0 Å². The van der Waals surface area contributed by atoms with Crippen molar-refractivity contribution in [2.45, 2.75) is 25.6 Å². The highest BCUT2D eigenvalue weighted by Crippen LogP contribution is 2.11. The highest BCUT2D eigenvalue weighted by Gasteiger charge is 2.22. The zero-order valence-electron chi connectivity index (χ0n) is 10.8. The third-order valence-electron chi connectivity index (χ3n) is 3.54. The molecule has 0 amide bonds. The van der Waals surface area contributed by atoms with Crippen LogP contribution in [0.5, 0.6) is 0 Å². The van der Waals surface area contributed by atoms with Gasteiger partial charge in [0.25, 0.3) is 0 Å². The summed E-state index contributed by atoms with van der Waals surface area (Å²) >= 11 is 0. The number of benzene rings is 1. The van der Waals surface area contributed by atoms with Crippen LogP contribution in [-0.2, 0) is 6.54 Å². The van der Waals surface area contributed by atoms with Gasteiger partial charge in [0.15, 0.2) is 0 Å². The van der Waals surface area contributed by atoms with Crippen molar-refractivity contribution in [3.63, 3.8) is 0 Å². The first kappa shape index (κ1) is 12.6. The molecule has 0 spiro atoms. The molecular formula is C14H23N3. The lowest BCUT2D eigenvalue weighted by atomic mass is 10.2. The van der Waals surface area contributed by atoms with E-state index in [4.69, 9.17) is 5.73 Å². The Labute approximate surface area is 104 Å². The molecule has 1 saturated heterocycles. The fourth-order valence-corrected chi connectivity index (χ4v) is 2.50. The zero-order valence-corrected chi connectivity index (χ0v) is 10.8. The smallest absolute Gasteiger partial charge is 0.0297 e.